The fourth-order valence-electron chi connectivity index (χ4n) is 2.38. The first-order valence-corrected chi connectivity index (χ1v) is 8.14. The maximum absolute atomic E-state index is 4.73. The quantitative estimate of drug-likeness (QED) is 0.842. The summed E-state index contributed by atoms with van der Waals surface area (Å²) in [5.74, 6) is 0. The van der Waals surface area contributed by atoms with E-state index in [9.17, 15) is 0 Å². The number of piperazine rings is 1. The molecule has 20 heavy (non-hydrogen) atoms. The third kappa shape index (κ3) is 4.15. The monoisotopic (exact) mass is 297 g/mol. The lowest BCUT2D eigenvalue weighted by atomic mass is 10.3. The van der Waals surface area contributed by atoms with Gasteiger partial charge in [0.2, 0.25) is 0 Å². The van der Waals surface area contributed by atoms with Crippen LogP contribution in [0.1, 0.15) is 10.6 Å². The first kappa shape index (κ1) is 15.7. The largest absolute Gasteiger partial charge is 0.346 e. The summed E-state index contributed by atoms with van der Waals surface area (Å²) in [4.78, 5) is 13.3. The molecule has 1 aromatic heterocycles. The number of rotatable bonds is 6. The van der Waals surface area contributed by atoms with Crippen molar-refractivity contribution in [2.24, 2.45) is 0 Å². The van der Waals surface area contributed by atoms with Crippen molar-refractivity contribution in [3.8, 4) is 0 Å². The van der Waals surface area contributed by atoms with Crippen molar-refractivity contribution in [3.05, 3.63) is 10.6 Å². The van der Waals surface area contributed by atoms with E-state index >= 15 is 0 Å². The number of anilines is 1. The van der Waals surface area contributed by atoms with E-state index in [0.29, 0.717) is 0 Å². The van der Waals surface area contributed by atoms with E-state index in [4.69, 9.17) is 4.98 Å². The molecule has 6 heteroatoms. The highest BCUT2D eigenvalue weighted by molar-refractivity contribution is 7.15. The average molecular weight is 297 g/mol. The van der Waals surface area contributed by atoms with Crippen LogP contribution >= 0.6 is 11.3 Å². The van der Waals surface area contributed by atoms with Gasteiger partial charge in [0.25, 0.3) is 0 Å². The molecular formula is C14H27N5S. The highest BCUT2D eigenvalue weighted by atomic mass is 32.1. The van der Waals surface area contributed by atoms with E-state index in [1.54, 1.807) is 0 Å². The molecule has 2 heterocycles. The second kappa shape index (κ2) is 7.36. The maximum atomic E-state index is 4.73. The third-order valence-electron chi connectivity index (χ3n) is 3.72. The Morgan fingerprint density at radius 2 is 1.95 bits per heavy atom. The van der Waals surface area contributed by atoms with Crippen LogP contribution in [0.4, 0.5) is 5.13 Å². The molecule has 1 aliphatic heterocycles. The van der Waals surface area contributed by atoms with Crippen LogP contribution in [0.15, 0.2) is 0 Å². The Kier molecular flexibility index (Phi) is 5.77. The molecule has 0 unspecified atom stereocenters. The summed E-state index contributed by atoms with van der Waals surface area (Å²) in [7, 11) is 6.26. The van der Waals surface area contributed by atoms with Gasteiger partial charge in [-0.05, 0) is 28.1 Å². The van der Waals surface area contributed by atoms with Gasteiger partial charge in [-0.1, -0.05) is 0 Å². The van der Waals surface area contributed by atoms with Crippen molar-refractivity contribution < 1.29 is 0 Å². The van der Waals surface area contributed by atoms with Gasteiger partial charge in [-0.2, -0.15) is 0 Å². The van der Waals surface area contributed by atoms with E-state index in [1.165, 1.54) is 22.2 Å². The Morgan fingerprint density at radius 1 is 1.25 bits per heavy atom. The zero-order chi connectivity index (χ0) is 14.5. The number of aryl methyl sites for hydroxylation is 1. The summed E-state index contributed by atoms with van der Waals surface area (Å²) in [6, 6.07) is 0. The van der Waals surface area contributed by atoms with E-state index in [1.807, 2.05) is 18.4 Å². The van der Waals surface area contributed by atoms with Gasteiger partial charge in [0.15, 0.2) is 5.13 Å². The summed E-state index contributed by atoms with van der Waals surface area (Å²) in [5, 5.41) is 4.41. The molecule has 1 aliphatic rings. The third-order valence-corrected chi connectivity index (χ3v) is 4.94. The zero-order valence-corrected chi connectivity index (χ0v) is 14.0. The van der Waals surface area contributed by atoms with Gasteiger partial charge < -0.3 is 15.1 Å². The van der Waals surface area contributed by atoms with Crippen molar-refractivity contribution >= 4 is 16.5 Å². The predicted molar refractivity (Wildman–Crippen MR) is 86.8 cm³/mol. The summed E-state index contributed by atoms with van der Waals surface area (Å²) < 4.78 is 0. The predicted octanol–water partition coefficient (Wildman–Crippen LogP) is 0.855. The number of nitrogens with zero attached hydrogens (tertiary/aromatic N) is 4. The Morgan fingerprint density at radius 3 is 2.55 bits per heavy atom. The van der Waals surface area contributed by atoms with Gasteiger partial charge in [-0.3, -0.25) is 4.90 Å². The minimum atomic E-state index is 0.923. The fraction of sp³-hybridized carbons (Fsp3) is 0.786. The van der Waals surface area contributed by atoms with Gasteiger partial charge in [-0.15, -0.1) is 11.3 Å². The van der Waals surface area contributed by atoms with E-state index in [0.717, 1.165) is 39.3 Å². The number of thiazole rings is 1. The van der Waals surface area contributed by atoms with Crippen LogP contribution in [-0.2, 0) is 6.54 Å². The number of nitrogens with one attached hydrogen (secondary N) is 1. The fourth-order valence-corrected chi connectivity index (χ4v) is 3.50. The number of likely N-dealkylation sites (N-methyl/N-ethyl adjacent to an activating group) is 1. The molecule has 1 N–H and O–H groups in total. The molecule has 1 aromatic rings. The van der Waals surface area contributed by atoms with Crippen LogP contribution in [0.5, 0.6) is 0 Å². The lowest BCUT2D eigenvalue weighted by Gasteiger charge is -2.35. The molecule has 0 aromatic carbocycles. The van der Waals surface area contributed by atoms with Crippen molar-refractivity contribution in [1.29, 1.82) is 0 Å². The topological polar surface area (TPSA) is 34.6 Å². The molecule has 0 radical (unpaired) electrons. The van der Waals surface area contributed by atoms with Gasteiger partial charge in [0.1, 0.15) is 0 Å². The minimum Gasteiger partial charge on any atom is -0.346 e. The Bertz CT molecular complexity index is 410. The standard InChI is InChI=1S/C14H27N5S/c1-12-13(11-15-2)20-14(16-12)19-9-7-18(8-10-19)6-5-17(3)4/h15H,5-11H2,1-4H3. The van der Waals surface area contributed by atoms with Gasteiger partial charge in [0, 0.05) is 50.7 Å². The van der Waals surface area contributed by atoms with Crippen LogP contribution in [-0.4, -0.2) is 75.2 Å². The highest BCUT2D eigenvalue weighted by Crippen LogP contribution is 2.26. The molecule has 0 aliphatic carbocycles. The maximum Gasteiger partial charge on any atom is 0.185 e. The summed E-state index contributed by atoms with van der Waals surface area (Å²) in [6.45, 7) is 9.83. The van der Waals surface area contributed by atoms with E-state index in [2.05, 4.69) is 41.0 Å². The van der Waals surface area contributed by atoms with Gasteiger partial charge in [-0.25, -0.2) is 4.98 Å². The van der Waals surface area contributed by atoms with E-state index < -0.39 is 0 Å². The molecule has 1 fully saturated rings. The molecule has 0 bridgehead atoms. The zero-order valence-electron chi connectivity index (χ0n) is 13.1. The molecule has 0 saturated carbocycles. The first-order valence-electron chi connectivity index (χ1n) is 7.33. The smallest absolute Gasteiger partial charge is 0.185 e. The van der Waals surface area contributed by atoms with Crippen LogP contribution in [0, 0.1) is 6.92 Å². The molecule has 0 atom stereocenters. The minimum absolute atomic E-state index is 0.923. The summed E-state index contributed by atoms with van der Waals surface area (Å²) in [6.07, 6.45) is 0. The van der Waals surface area contributed by atoms with Crippen LogP contribution in [0.2, 0.25) is 0 Å². The normalized spacial score (nSPS) is 17.1. The lowest BCUT2D eigenvalue weighted by molar-refractivity contribution is 0.229. The van der Waals surface area contributed by atoms with Crippen molar-refractivity contribution in [2.45, 2.75) is 13.5 Å². The van der Waals surface area contributed by atoms with Crippen LogP contribution in [0.3, 0.4) is 0 Å². The van der Waals surface area contributed by atoms with Crippen LogP contribution in [0.25, 0.3) is 0 Å². The summed E-state index contributed by atoms with van der Waals surface area (Å²) >= 11 is 1.84. The van der Waals surface area contributed by atoms with Crippen LogP contribution < -0.4 is 10.2 Å². The molecule has 5 nitrogen and oxygen atoms in total. The second-order valence-corrected chi connectivity index (χ2v) is 6.73. The average Bonchev–Trinajstić information content (AvgIpc) is 2.79. The molecule has 2 rings (SSSR count). The first-order chi connectivity index (χ1) is 9.60. The van der Waals surface area contributed by atoms with Gasteiger partial charge in [0.05, 0.1) is 5.69 Å². The molecule has 0 amide bonds. The Labute approximate surface area is 126 Å². The number of hydrogen-bond donors (Lipinski definition) is 1. The lowest BCUT2D eigenvalue weighted by Crippen LogP contribution is -2.48. The second-order valence-electron chi connectivity index (χ2n) is 5.67. The molecule has 114 valence electrons. The Hall–Kier alpha value is -0.690. The summed E-state index contributed by atoms with van der Waals surface area (Å²) in [5.41, 5.74) is 1.18. The van der Waals surface area contributed by atoms with Crippen molar-refractivity contribution in [2.75, 3.05) is 65.3 Å². The van der Waals surface area contributed by atoms with Gasteiger partial charge >= 0.3 is 0 Å². The van der Waals surface area contributed by atoms with E-state index in [-0.39, 0.29) is 0 Å². The van der Waals surface area contributed by atoms with Crippen molar-refractivity contribution in [1.82, 2.24) is 20.1 Å². The number of hydrogen-bond acceptors (Lipinski definition) is 6. The molecule has 0 spiro atoms. The SMILES string of the molecule is CNCc1sc(N2CCN(CCN(C)C)CC2)nc1C. The van der Waals surface area contributed by atoms with Crippen molar-refractivity contribution in [3.63, 3.8) is 0 Å². The highest BCUT2D eigenvalue weighted by Gasteiger charge is 2.20. The molecule has 1 saturated heterocycles. The Balaban J connectivity index is 1.85. The number of aromatic nitrogens is 1. The molecular weight excluding hydrogens is 270 g/mol.